The number of amides is 2. The Morgan fingerprint density at radius 1 is 1.30 bits per heavy atom. The molecule has 2 aliphatic rings. The molecular formula is C25H28FN7O4. The minimum absolute atomic E-state index is 0.00425. The number of nitrogens with zero attached hydrogens (tertiary/aromatic N) is 4. The van der Waals surface area contributed by atoms with E-state index in [4.69, 9.17) is 15.2 Å². The summed E-state index contributed by atoms with van der Waals surface area (Å²) in [7, 11) is 1.51. The van der Waals surface area contributed by atoms with Gasteiger partial charge in [-0.25, -0.2) is 14.4 Å². The number of fused-ring (bicyclic) bond motifs is 2. The Morgan fingerprint density at radius 3 is 2.97 bits per heavy atom. The van der Waals surface area contributed by atoms with Crippen LogP contribution < -0.4 is 25.8 Å². The topological polar surface area (TPSA) is 145 Å². The predicted octanol–water partition coefficient (Wildman–Crippen LogP) is 0.869. The molecule has 194 valence electrons. The maximum atomic E-state index is 14.7. The number of methoxy groups -OCH3 is 1. The molecule has 11 nitrogen and oxygen atoms in total. The summed E-state index contributed by atoms with van der Waals surface area (Å²) in [4.78, 5) is 38.8. The van der Waals surface area contributed by atoms with E-state index in [9.17, 15) is 14.0 Å². The highest BCUT2D eigenvalue weighted by Crippen LogP contribution is 2.27. The summed E-state index contributed by atoms with van der Waals surface area (Å²) in [5.41, 5.74) is 7.98. The third kappa shape index (κ3) is 5.44. The standard InChI is InChI=1S/C25H28FN7O4/c1-36-22-5-3-19-23(32-22)16(18(26)10-29-19)6-7-33-11-14(17(12-33)24(27)35)8-28-9-15-2-4-20-25(30-15)31-21(34)13-37-20/h2-5,10,14,17,28H,6-9,11-13H2,1H3,(H2,27,35)(H,30,31,34). The monoisotopic (exact) mass is 509 g/mol. The second-order valence-corrected chi connectivity index (χ2v) is 9.20. The van der Waals surface area contributed by atoms with Gasteiger partial charge >= 0.3 is 0 Å². The number of anilines is 1. The lowest BCUT2D eigenvalue weighted by Crippen LogP contribution is -2.35. The van der Waals surface area contributed by atoms with E-state index < -0.39 is 5.82 Å². The van der Waals surface area contributed by atoms with E-state index in [1.807, 2.05) is 6.07 Å². The van der Waals surface area contributed by atoms with Crippen LogP contribution in [0.2, 0.25) is 0 Å². The zero-order chi connectivity index (χ0) is 25.9. The van der Waals surface area contributed by atoms with Gasteiger partial charge in [-0.2, -0.15) is 0 Å². The molecule has 0 bridgehead atoms. The first-order chi connectivity index (χ1) is 17.9. The van der Waals surface area contributed by atoms with Crippen molar-refractivity contribution in [3.8, 4) is 11.6 Å². The fraction of sp³-hybridized carbons (Fsp3) is 0.400. The molecule has 1 fully saturated rings. The number of hydrogen-bond acceptors (Lipinski definition) is 9. The second-order valence-electron chi connectivity index (χ2n) is 9.20. The fourth-order valence-electron chi connectivity index (χ4n) is 4.86. The van der Waals surface area contributed by atoms with Crippen LogP contribution in [0.4, 0.5) is 10.2 Å². The molecule has 3 aromatic rings. The molecule has 5 heterocycles. The molecule has 0 aromatic carbocycles. The average molecular weight is 510 g/mol. The van der Waals surface area contributed by atoms with Gasteiger partial charge in [-0.05, 0) is 30.5 Å². The number of carbonyl (C=O) groups is 2. The number of aromatic nitrogens is 3. The van der Waals surface area contributed by atoms with E-state index in [-0.39, 0.29) is 30.3 Å². The Morgan fingerprint density at radius 2 is 2.16 bits per heavy atom. The lowest BCUT2D eigenvalue weighted by atomic mass is 9.95. The number of nitrogens with one attached hydrogen (secondary N) is 2. The highest BCUT2D eigenvalue weighted by atomic mass is 19.1. The van der Waals surface area contributed by atoms with E-state index in [0.717, 1.165) is 5.69 Å². The highest BCUT2D eigenvalue weighted by molar-refractivity contribution is 5.94. The maximum absolute atomic E-state index is 14.7. The van der Waals surface area contributed by atoms with Crippen LogP contribution in [-0.2, 0) is 22.6 Å². The van der Waals surface area contributed by atoms with Crippen molar-refractivity contribution in [1.82, 2.24) is 25.2 Å². The zero-order valence-corrected chi connectivity index (χ0v) is 20.4. The van der Waals surface area contributed by atoms with Gasteiger partial charge in [0, 0.05) is 44.4 Å². The third-order valence-corrected chi connectivity index (χ3v) is 6.75. The number of primary amides is 1. The number of ether oxygens (including phenoxy) is 2. The number of carbonyl (C=O) groups excluding carboxylic acids is 2. The molecule has 37 heavy (non-hydrogen) atoms. The number of likely N-dealkylation sites (tertiary alicyclic amines) is 1. The summed E-state index contributed by atoms with van der Waals surface area (Å²) in [6.45, 7) is 2.67. The summed E-state index contributed by atoms with van der Waals surface area (Å²) in [6.07, 6.45) is 1.62. The van der Waals surface area contributed by atoms with Crippen LogP contribution in [0, 0.1) is 17.7 Å². The van der Waals surface area contributed by atoms with Crippen molar-refractivity contribution in [2.24, 2.45) is 17.6 Å². The van der Waals surface area contributed by atoms with Crippen LogP contribution in [0.15, 0.2) is 30.5 Å². The fourth-order valence-corrected chi connectivity index (χ4v) is 4.86. The molecular weight excluding hydrogens is 481 g/mol. The van der Waals surface area contributed by atoms with Crippen molar-refractivity contribution in [3.05, 3.63) is 47.5 Å². The van der Waals surface area contributed by atoms with E-state index in [1.165, 1.54) is 13.3 Å². The number of rotatable bonds is 9. The predicted molar refractivity (Wildman–Crippen MR) is 132 cm³/mol. The molecule has 0 radical (unpaired) electrons. The molecule has 5 rings (SSSR count). The summed E-state index contributed by atoms with van der Waals surface area (Å²) in [5.74, 6) is -0.00887. The van der Waals surface area contributed by atoms with Gasteiger partial charge in [0.05, 0.1) is 36.0 Å². The SMILES string of the molecule is COc1ccc2ncc(F)c(CCN3CC(CNCc4ccc5c(n4)NC(=O)CO5)C(C(N)=O)C3)c2n1. The minimum Gasteiger partial charge on any atom is -0.481 e. The van der Waals surface area contributed by atoms with Gasteiger partial charge in [0.2, 0.25) is 11.8 Å². The van der Waals surface area contributed by atoms with Crippen LogP contribution in [0.25, 0.3) is 11.0 Å². The first-order valence-corrected chi connectivity index (χ1v) is 12.0. The molecule has 12 heteroatoms. The molecule has 2 unspecified atom stereocenters. The second kappa shape index (κ2) is 10.6. The molecule has 2 aliphatic heterocycles. The summed E-state index contributed by atoms with van der Waals surface area (Å²) < 4.78 is 25.2. The quantitative estimate of drug-likeness (QED) is 0.383. The van der Waals surface area contributed by atoms with Crippen LogP contribution in [0.3, 0.4) is 0 Å². The lowest BCUT2D eigenvalue weighted by Gasteiger charge is -2.19. The molecule has 0 spiro atoms. The third-order valence-electron chi connectivity index (χ3n) is 6.75. The Kier molecular flexibility index (Phi) is 7.10. The van der Waals surface area contributed by atoms with Crippen molar-refractivity contribution >= 4 is 28.7 Å². The molecule has 3 aromatic heterocycles. The smallest absolute Gasteiger partial charge is 0.263 e. The largest absolute Gasteiger partial charge is 0.481 e. The average Bonchev–Trinajstić information content (AvgIpc) is 3.31. The summed E-state index contributed by atoms with van der Waals surface area (Å²) in [6, 6.07) is 7.04. The van der Waals surface area contributed by atoms with Crippen molar-refractivity contribution in [3.63, 3.8) is 0 Å². The van der Waals surface area contributed by atoms with Crippen molar-refractivity contribution in [1.29, 1.82) is 0 Å². The van der Waals surface area contributed by atoms with Gasteiger partial charge in [0.15, 0.2) is 18.2 Å². The van der Waals surface area contributed by atoms with Crippen molar-refractivity contribution < 1.29 is 23.5 Å². The van der Waals surface area contributed by atoms with Gasteiger partial charge in [0.25, 0.3) is 5.91 Å². The van der Waals surface area contributed by atoms with Crippen molar-refractivity contribution in [2.75, 3.05) is 45.2 Å². The Labute approximate surface area is 212 Å². The van der Waals surface area contributed by atoms with E-state index in [1.54, 1.807) is 18.2 Å². The highest BCUT2D eigenvalue weighted by Gasteiger charge is 2.36. The van der Waals surface area contributed by atoms with Crippen LogP contribution in [0.5, 0.6) is 11.6 Å². The minimum atomic E-state index is -0.420. The van der Waals surface area contributed by atoms with Gasteiger partial charge < -0.3 is 30.7 Å². The molecule has 0 saturated carbocycles. The van der Waals surface area contributed by atoms with E-state index in [0.29, 0.717) is 73.2 Å². The van der Waals surface area contributed by atoms with Crippen LogP contribution in [-0.4, -0.2) is 71.6 Å². The van der Waals surface area contributed by atoms with Gasteiger partial charge in [0.1, 0.15) is 5.82 Å². The first kappa shape index (κ1) is 24.8. The van der Waals surface area contributed by atoms with Gasteiger partial charge in [-0.15, -0.1) is 0 Å². The number of pyridine rings is 3. The number of nitrogens with two attached hydrogens (primary N) is 1. The van der Waals surface area contributed by atoms with Crippen LogP contribution in [0.1, 0.15) is 11.3 Å². The lowest BCUT2D eigenvalue weighted by molar-refractivity contribution is -0.122. The molecule has 2 amide bonds. The molecule has 1 saturated heterocycles. The molecule has 4 N–H and O–H groups in total. The summed E-state index contributed by atoms with van der Waals surface area (Å²) >= 11 is 0. The normalized spacial score (nSPS) is 19.4. The van der Waals surface area contributed by atoms with Gasteiger partial charge in [-0.1, -0.05) is 0 Å². The Balaban J connectivity index is 1.20. The number of hydrogen-bond donors (Lipinski definition) is 3. The number of halogens is 1. The maximum Gasteiger partial charge on any atom is 0.263 e. The van der Waals surface area contributed by atoms with Crippen molar-refractivity contribution in [2.45, 2.75) is 13.0 Å². The zero-order valence-electron chi connectivity index (χ0n) is 20.4. The van der Waals surface area contributed by atoms with E-state index >= 15 is 0 Å². The van der Waals surface area contributed by atoms with Crippen LogP contribution >= 0.6 is 0 Å². The van der Waals surface area contributed by atoms with Gasteiger partial charge in [-0.3, -0.25) is 14.6 Å². The summed E-state index contributed by atoms with van der Waals surface area (Å²) in [5, 5.41) is 6.04. The van der Waals surface area contributed by atoms with E-state index in [2.05, 4.69) is 30.5 Å². The Bertz CT molecular complexity index is 1340. The molecule has 0 aliphatic carbocycles. The molecule has 2 atom stereocenters. The first-order valence-electron chi connectivity index (χ1n) is 12.0. The Hall–Kier alpha value is -3.90.